The van der Waals surface area contributed by atoms with Gasteiger partial charge < -0.3 is 5.73 Å². The molecule has 1 rings (SSSR count). The Kier molecular flexibility index (Phi) is 2.60. The molecule has 0 fully saturated rings. The van der Waals surface area contributed by atoms with Crippen molar-refractivity contribution in [1.82, 2.24) is 4.98 Å². The molecule has 0 aromatic carbocycles. The summed E-state index contributed by atoms with van der Waals surface area (Å²) in [7, 11) is 0. The molecule has 0 radical (unpaired) electrons. The van der Waals surface area contributed by atoms with Gasteiger partial charge in [0.1, 0.15) is 0 Å². The highest BCUT2D eigenvalue weighted by atomic mass is 14.9. The molecular formula is C8H11N3. The van der Waals surface area contributed by atoms with E-state index in [1.807, 2.05) is 19.1 Å². The lowest BCUT2D eigenvalue weighted by atomic mass is 10.4. The zero-order valence-corrected chi connectivity index (χ0v) is 6.49. The minimum absolute atomic E-state index is 0.637. The van der Waals surface area contributed by atoms with E-state index in [1.54, 1.807) is 12.4 Å². The van der Waals surface area contributed by atoms with E-state index < -0.39 is 0 Å². The Bertz CT molecular complexity index is 241. The topological polar surface area (TPSA) is 51.3 Å². The van der Waals surface area contributed by atoms with E-state index in [2.05, 4.69) is 9.98 Å². The fourth-order valence-corrected chi connectivity index (χ4v) is 0.665. The summed E-state index contributed by atoms with van der Waals surface area (Å²) in [5, 5.41) is 0. The van der Waals surface area contributed by atoms with Crippen molar-refractivity contribution in [3.8, 4) is 0 Å². The molecule has 2 N–H and O–H groups in total. The average molecular weight is 149 g/mol. The molecule has 0 aliphatic carbocycles. The third kappa shape index (κ3) is 2.37. The second kappa shape index (κ2) is 3.71. The van der Waals surface area contributed by atoms with E-state index in [0.717, 1.165) is 12.1 Å². The summed E-state index contributed by atoms with van der Waals surface area (Å²) in [6, 6.07) is 3.71. The van der Waals surface area contributed by atoms with Crippen molar-refractivity contribution in [1.29, 1.82) is 0 Å². The van der Waals surface area contributed by atoms with Crippen molar-refractivity contribution in [3.63, 3.8) is 0 Å². The van der Waals surface area contributed by atoms with Crippen LogP contribution in [0, 0.1) is 0 Å². The number of hydrogen-bond donors (Lipinski definition) is 1. The summed E-state index contributed by atoms with van der Waals surface area (Å²) in [5.74, 6) is 0.637. The van der Waals surface area contributed by atoms with Gasteiger partial charge in [-0.25, -0.2) is 4.99 Å². The quantitative estimate of drug-likeness (QED) is 0.511. The number of nitrogens with two attached hydrogens (primary N) is 1. The van der Waals surface area contributed by atoms with Crippen molar-refractivity contribution in [2.24, 2.45) is 10.7 Å². The molecule has 58 valence electrons. The minimum atomic E-state index is 0.637. The number of aromatic nitrogens is 1. The Hall–Kier alpha value is -1.38. The molecule has 0 aliphatic heterocycles. The molecule has 3 nitrogen and oxygen atoms in total. The van der Waals surface area contributed by atoms with Gasteiger partial charge in [0.2, 0.25) is 0 Å². The third-order valence-corrected chi connectivity index (χ3v) is 1.28. The highest BCUT2D eigenvalue weighted by Crippen LogP contribution is 2.07. The number of aliphatic imine (C=N–C) groups is 1. The molecule has 0 bridgehead atoms. The van der Waals surface area contributed by atoms with Gasteiger partial charge >= 0.3 is 0 Å². The third-order valence-electron chi connectivity index (χ3n) is 1.28. The zero-order valence-electron chi connectivity index (χ0n) is 6.49. The molecule has 0 saturated heterocycles. The Balaban J connectivity index is 2.79. The molecule has 0 saturated carbocycles. The molecular weight excluding hydrogens is 138 g/mol. The largest absolute Gasteiger partial charge is 0.387 e. The molecule has 0 aliphatic rings. The van der Waals surface area contributed by atoms with Crippen molar-refractivity contribution in [2.45, 2.75) is 13.3 Å². The molecule has 0 spiro atoms. The Morgan fingerprint density at radius 2 is 2.55 bits per heavy atom. The van der Waals surface area contributed by atoms with E-state index in [0.29, 0.717) is 5.84 Å². The van der Waals surface area contributed by atoms with Crippen LogP contribution < -0.4 is 5.73 Å². The van der Waals surface area contributed by atoms with Gasteiger partial charge in [-0.1, -0.05) is 6.92 Å². The summed E-state index contributed by atoms with van der Waals surface area (Å²) < 4.78 is 0. The number of rotatable bonds is 2. The van der Waals surface area contributed by atoms with Gasteiger partial charge in [0.15, 0.2) is 0 Å². The average Bonchev–Trinajstić information content (AvgIpc) is 2.06. The number of pyridine rings is 1. The molecule has 3 heteroatoms. The van der Waals surface area contributed by atoms with Gasteiger partial charge in [0.05, 0.1) is 17.7 Å². The van der Waals surface area contributed by atoms with Crippen LogP contribution in [0.4, 0.5) is 5.69 Å². The lowest BCUT2D eigenvalue weighted by Crippen LogP contribution is -2.08. The Morgan fingerprint density at radius 3 is 3.09 bits per heavy atom. The van der Waals surface area contributed by atoms with E-state index in [-0.39, 0.29) is 0 Å². The molecule has 0 atom stereocenters. The smallest absolute Gasteiger partial charge is 0.0994 e. The maximum Gasteiger partial charge on any atom is 0.0994 e. The number of amidine groups is 1. The molecule has 0 amide bonds. The standard InChI is InChI=1S/C8H11N3/c1-2-8(9)11-7-4-3-5-10-6-7/h3-6H,2H2,1H3,(H2,9,11). The van der Waals surface area contributed by atoms with Crippen molar-refractivity contribution in [2.75, 3.05) is 0 Å². The summed E-state index contributed by atoms with van der Waals surface area (Å²) >= 11 is 0. The van der Waals surface area contributed by atoms with Gasteiger partial charge in [0.25, 0.3) is 0 Å². The minimum Gasteiger partial charge on any atom is -0.387 e. The first kappa shape index (κ1) is 7.72. The van der Waals surface area contributed by atoms with Crippen LogP contribution in [0.1, 0.15) is 13.3 Å². The Labute approximate surface area is 66.0 Å². The van der Waals surface area contributed by atoms with Crippen LogP contribution >= 0.6 is 0 Å². The van der Waals surface area contributed by atoms with Crippen LogP contribution in [-0.4, -0.2) is 10.8 Å². The molecule has 1 aromatic rings. The first-order valence-electron chi connectivity index (χ1n) is 3.56. The number of hydrogen-bond acceptors (Lipinski definition) is 2. The maximum atomic E-state index is 5.53. The van der Waals surface area contributed by atoms with E-state index in [4.69, 9.17) is 5.73 Å². The fraction of sp³-hybridized carbons (Fsp3) is 0.250. The molecule has 0 unspecified atom stereocenters. The fourth-order valence-electron chi connectivity index (χ4n) is 0.665. The van der Waals surface area contributed by atoms with Crippen molar-refractivity contribution >= 4 is 11.5 Å². The van der Waals surface area contributed by atoms with Gasteiger partial charge in [-0.3, -0.25) is 4.98 Å². The first-order valence-corrected chi connectivity index (χ1v) is 3.56. The van der Waals surface area contributed by atoms with Crippen LogP contribution in [0.3, 0.4) is 0 Å². The second-order valence-corrected chi connectivity index (χ2v) is 2.17. The van der Waals surface area contributed by atoms with E-state index in [1.165, 1.54) is 0 Å². The molecule has 1 heterocycles. The highest BCUT2D eigenvalue weighted by Gasteiger charge is 1.88. The van der Waals surface area contributed by atoms with Crippen LogP contribution in [-0.2, 0) is 0 Å². The summed E-state index contributed by atoms with van der Waals surface area (Å²) in [6.45, 7) is 1.97. The predicted molar refractivity (Wildman–Crippen MR) is 45.8 cm³/mol. The van der Waals surface area contributed by atoms with Gasteiger partial charge in [-0.15, -0.1) is 0 Å². The highest BCUT2D eigenvalue weighted by molar-refractivity contribution is 5.82. The zero-order chi connectivity index (χ0) is 8.10. The SMILES string of the molecule is CCC(N)=Nc1cccnc1. The van der Waals surface area contributed by atoms with Crippen LogP contribution in [0.25, 0.3) is 0 Å². The summed E-state index contributed by atoms with van der Waals surface area (Å²) in [4.78, 5) is 8.02. The Morgan fingerprint density at radius 1 is 1.73 bits per heavy atom. The second-order valence-electron chi connectivity index (χ2n) is 2.17. The number of nitrogens with zero attached hydrogens (tertiary/aromatic N) is 2. The van der Waals surface area contributed by atoms with Gasteiger partial charge in [0, 0.05) is 12.6 Å². The summed E-state index contributed by atoms with van der Waals surface area (Å²) in [5.41, 5.74) is 6.34. The van der Waals surface area contributed by atoms with Crippen LogP contribution in [0.2, 0.25) is 0 Å². The van der Waals surface area contributed by atoms with E-state index in [9.17, 15) is 0 Å². The van der Waals surface area contributed by atoms with E-state index >= 15 is 0 Å². The van der Waals surface area contributed by atoms with Crippen LogP contribution in [0.15, 0.2) is 29.5 Å². The summed E-state index contributed by atoms with van der Waals surface area (Å²) in [6.07, 6.45) is 4.17. The molecule has 11 heavy (non-hydrogen) atoms. The predicted octanol–water partition coefficient (Wildman–Crippen LogP) is 1.48. The normalized spacial score (nSPS) is 11.5. The monoisotopic (exact) mass is 149 g/mol. The lowest BCUT2D eigenvalue weighted by Gasteiger charge is -1.94. The lowest BCUT2D eigenvalue weighted by molar-refractivity contribution is 1.22. The van der Waals surface area contributed by atoms with Crippen molar-refractivity contribution < 1.29 is 0 Å². The maximum absolute atomic E-state index is 5.53. The first-order chi connectivity index (χ1) is 5.33. The van der Waals surface area contributed by atoms with Crippen molar-refractivity contribution in [3.05, 3.63) is 24.5 Å². The van der Waals surface area contributed by atoms with Crippen LogP contribution in [0.5, 0.6) is 0 Å². The van der Waals surface area contributed by atoms with Gasteiger partial charge in [-0.2, -0.15) is 0 Å². The molecule has 1 aromatic heterocycles. The van der Waals surface area contributed by atoms with Gasteiger partial charge in [-0.05, 0) is 12.1 Å².